The third kappa shape index (κ3) is 5.95. The maximum Gasteiger partial charge on any atom is 0.0680 e. The zero-order valence-electron chi connectivity index (χ0n) is 21.4. The van der Waals surface area contributed by atoms with Gasteiger partial charge in [-0.1, -0.05) is 36.5 Å². The lowest BCUT2D eigenvalue weighted by Gasteiger charge is -2.32. The largest absolute Gasteiger partial charge is 0.392 e. The van der Waals surface area contributed by atoms with Gasteiger partial charge in [0.25, 0.3) is 0 Å². The molecule has 2 N–H and O–H groups in total. The van der Waals surface area contributed by atoms with Crippen molar-refractivity contribution in [3.05, 3.63) is 47.6 Å². The Morgan fingerprint density at radius 1 is 0.735 bits per heavy atom. The molecule has 34 heavy (non-hydrogen) atoms. The van der Waals surface area contributed by atoms with E-state index in [9.17, 15) is 10.2 Å². The standard InChI is InChI=1S/C30H46O4/c1-19(2)23-11-13-25(29(23)31)27-15-9-21(17-33-27)7-5-6-8-22-10-16-28(34-18-22)26-14-12-24(20(3)4)30(26)32/h7-8,23-32H,1,3,5-6,9-18H2,2,4H3. The van der Waals surface area contributed by atoms with Crippen LogP contribution in [-0.2, 0) is 9.47 Å². The van der Waals surface area contributed by atoms with E-state index in [0.717, 1.165) is 75.4 Å². The number of unbranched alkanes of at least 4 members (excludes halogenated alkanes) is 1. The predicted molar refractivity (Wildman–Crippen MR) is 137 cm³/mol. The zero-order valence-corrected chi connectivity index (χ0v) is 21.4. The van der Waals surface area contributed by atoms with Crippen LogP contribution in [0.4, 0.5) is 0 Å². The third-order valence-electron chi connectivity index (χ3n) is 9.04. The molecule has 4 rings (SSSR count). The number of rotatable bonds is 7. The third-order valence-corrected chi connectivity index (χ3v) is 9.04. The van der Waals surface area contributed by atoms with Crippen LogP contribution in [0.5, 0.6) is 0 Å². The lowest BCUT2D eigenvalue weighted by molar-refractivity contribution is -0.0395. The van der Waals surface area contributed by atoms with E-state index in [4.69, 9.17) is 9.47 Å². The molecule has 8 atom stereocenters. The number of allylic oxidation sites excluding steroid dienone is 2. The fourth-order valence-electron chi connectivity index (χ4n) is 6.88. The molecule has 0 aromatic heterocycles. The Labute approximate surface area is 206 Å². The fraction of sp³-hybridized carbons (Fsp3) is 0.733. The molecule has 0 bridgehead atoms. The van der Waals surface area contributed by atoms with Crippen molar-refractivity contribution in [2.24, 2.45) is 23.7 Å². The molecule has 0 radical (unpaired) electrons. The van der Waals surface area contributed by atoms with Crippen molar-refractivity contribution in [1.82, 2.24) is 0 Å². The van der Waals surface area contributed by atoms with Crippen LogP contribution in [0.25, 0.3) is 0 Å². The molecule has 0 spiro atoms. The van der Waals surface area contributed by atoms with Gasteiger partial charge in [0.05, 0.1) is 37.6 Å². The minimum Gasteiger partial charge on any atom is -0.392 e. The average Bonchev–Trinajstić information content (AvgIpc) is 3.40. The maximum atomic E-state index is 10.7. The summed E-state index contributed by atoms with van der Waals surface area (Å²) in [6.45, 7) is 13.6. The highest BCUT2D eigenvalue weighted by atomic mass is 16.5. The number of ether oxygens (including phenoxy) is 2. The quantitative estimate of drug-likeness (QED) is 0.359. The van der Waals surface area contributed by atoms with Crippen molar-refractivity contribution in [1.29, 1.82) is 0 Å². The van der Waals surface area contributed by atoms with Crippen LogP contribution < -0.4 is 0 Å². The monoisotopic (exact) mass is 470 g/mol. The van der Waals surface area contributed by atoms with E-state index >= 15 is 0 Å². The van der Waals surface area contributed by atoms with Gasteiger partial charge in [-0.3, -0.25) is 0 Å². The van der Waals surface area contributed by atoms with Gasteiger partial charge >= 0.3 is 0 Å². The number of aliphatic hydroxyl groups excluding tert-OH is 2. The second-order valence-electron chi connectivity index (χ2n) is 11.4. The molecule has 2 saturated carbocycles. The first-order valence-corrected chi connectivity index (χ1v) is 13.6. The van der Waals surface area contributed by atoms with Gasteiger partial charge < -0.3 is 19.7 Å². The van der Waals surface area contributed by atoms with Crippen LogP contribution >= 0.6 is 0 Å². The minimum atomic E-state index is -0.290. The van der Waals surface area contributed by atoms with E-state index in [-0.39, 0.29) is 48.1 Å². The molecule has 2 saturated heterocycles. The van der Waals surface area contributed by atoms with E-state index < -0.39 is 0 Å². The number of aliphatic hydroxyl groups is 2. The van der Waals surface area contributed by atoms with E-state index in [1.54, 1.807) is 0 Å². The number of hydrogen-bond acceptors (Lipinski definition) is 4. The summed E-state index contributed by atoms with van der Waals surface area (Å²) in [7, 11) is 0. The van der Waals surface area contributed by atoms with Crippen molar-refractivity contribution in [3.63, 3.8) is 0 Å². The van der Waals surface area contributed by atoms with Crippen LogP contribution in [-0.4, -0.2) is 47.8 Å². The highest BCUT2D eigenvalue weighted by Crippen LogP contribution is 2.42. The molecule has 4 nitrogen and oxygen atoms in total. The van der Waals surface area contributed by atoms with Crippen molar-refractivity contribution in [2.75, 3.05) is 13.2 Å². The van der Waals surface area contributed by atoms with Crippen LogP contribution in [0, 0.1) is 23.7 Å². The van der Waals surface area contributed by atoms with Gasteiger partial charge in [-0.25, -0.2) is 0 Å². The Kier molecular flexibility index (Phi) is 8.90. The molecule has 2 heterocycles. The van der Waals surface area contributed by atoms with Gasteiger partial charge in [0.15, 0.2) is 0 Å². The fourth-order valence-corrected chi connectivity index (χ4v) is 6.88. The van der Waals surface area contributed by atoms with E-state index in [0.29, 0.717) is 13.2 Å². The van der Waals surface area contributed by atoms with Crippen molar-refractivity contribution < 1.29 is 19.7 Å². The molecule has 0 aromatic carbocycles. The van der Waals surface area contributed by atoms with Gasteiger partial charge in [-0.2, -0.15) is 0 Å². The molecule has 4 heteroatoms. The Morgan fingerprint density at radius 3 is 1.44 bits per heavy atom. The zero-order chi connectivity index (χ0) is 24.2. The van der Waals surface area contributed by atoms with Crippen LogP contribution in [0.15, 0.2) is 47.6 Å². The molecule has 190 valence electrons. The van der Waals surface area contributed by atoms with Gasteiger partial charge in [-0.05, 0) is 89.2 Å². The first-order chi connectivity index (χ1) is 16.3. The summed E-state index contributed by atoms with van der Waals surface area (Å²) in [6.07, 6.45) is 15.0. The van der Waals surface area contributed by atoms with Crippen molar-refractivity contribution in [3.8, 4) is 0 Å². The number of hydrogen-bond donors (Lipinski definition) is 2. The first-order valence-electron chi connectivity index (χ1n) is 13.6. The van der Waals surface area contributed by atoms with Gasteiger partial charge in [-0.15, -0.1) is 0 Å². The van der Waals surface area contributed by atoms with E-state index in [2.05, 4.69) is 25.3 Å². The van der Waals surface area contributed by atoms with Gasteiger partial charge in [0, 0.05) is 23.7 Å². The summed E-state index contributed by atoms with van der Waals surface area (Å²) in [5.74, 6) is 1.02. The van der Waals surface area contributed by atoms with Crippen LogP contribution in [0.2, 0.25) is 0 Å². The predicted octanol–water partition coefficient (Wildman–Crippen LogP) is 5.90. The van der Waals surface area contributed by atoms with Crippen molar-refractivity contribution >= 4 is 0 Å². The summed E-state index contributed by atoms with van der Waals surface area (Å²) in [5.41, 5.74) is 5.01. The smallest absolute Gasteiger partial charge is 0.0680 e. The van der Waals surface area contributed by atoms with Crippen LogP contribution in [0.1, 0.15) is 78.1 Å². The summed E-state index contributed by atoms with van der Waals surface area (Å²) < 4.78 is 12.4. The average molecular weight is 471 g/mol. The molecular formula is C30H46O4. The molecule has 4 aliphatic rings. The molecule has 8 unspecified atom stereocenters. The first kappa shape index (κ1) is 25.9. The molecule has 2 aliphatic carbocycles. The Bertz CT molecular complexity index is 710. The molecule has 0 amide bonds. The minimum absolute atomic E-state index is 0.190. The lowest BCUT2D eigenvalue weighted by Crippen LogP contribution is -2.35. The van der Waals surface area contributed by atoms with E-state index in [1.165, 1.54) is 11.1 Å². The molecular weight excluding hydrogens is 424 g/mol. The highest BCUT2D eigenvalue weighted by molar-refractivity contribution is 5.12. The van der Waals surface area contributed by atoms with E-state index in [1.807, 2.05) is 13.8 Å². The summed E-state index contributed by atoms with van der Waals surface area (Å²) >= 11 is 0. The highest BCUT2D eigenvalue weighted by Gasteiger charge is 2.41. The Balaban J connectivity index is 1.15. The SMILES string of the molecule is C=C(C)C1CCC(C2CCC(=CCCC=C3CCC(C4CCC(C(=C)C)C4O)OC3)CO2)C1O. The summed E-state index contributed by atoms with van der Waals surface area (Å²) in [4.78, 5) is 0. The molecule has 2 aliphatic heterocycles. The Morgan fingerprint density at radius 2 is 1.15 bits per heavy atom. The summed E-state index contributed by atoms with van der Waals surface area (Å²) in [5, 5.41) is 21.3. The van der Waals surface area contributed by atoms with Gasteiger partial charge in [0.2, 0.25) is 0 Å². The second kappa shape index (κ2) is 11.7. The topological polar surface area (TPSA) is 58.9 Å². The maximum absolute atomic E-state index is 10.7. The lowest BCUT2D eigenvalue weighted by atomic mass is 9.88. The van der Waals surface area contributed by atoms with Gasteiger partial charge in [0.1, 0.15) is 0 Å². The summed E-state index contributed by atoms with van der Waals surface area (Å²) in [6, 6.07) is 0. The van der Waals surface area contributed by atoms with Crippen molar-refractivity contribution in [2.45, 2.75) is 102 Å². The molecule has 4 fully saturated rings. The normalized spacial score (nSPS) is 41.3. The Hall–Kier alpha value is -1.20. The van der Waals surface area contributed by atoms with Crippen LogP contribution in [0.3, 0.4) is 0 Å². The second-order valence-corrected chi connectivity index (χ2v) is 11.4. The molecule has 0 aromatic rings.